The number of piperidine rings is 1. The van der Waals surface area contributed by atoms with Crippen LogP contribution in [0.4, 0.5) is 0 Å². The Hall–Kier alpha value is -0.570. The lowest BCUT2D eigenvalue weighted by Crippen LogP contribution is -2.38. The van der Waals surface area contributed by atoms with Gasteiger partial charge >= 0.3 is 0 Å². The number of halogens is 1. The van der Waals surface area contributed by atoms with E-state index in [9.17, 15) is 0 Å². The Balaban J connectivity index is 1.66. The van der Waals surface area contributed by atoms with Crippen molar-refractivity contribution in [1.82, 2.24) is 10.2 Å². The predicted octanol–water partition coefficient (Wildman–Crippen LogP) is 3.30. The number of rotatable bonds is 5. The maximum absolute atomic E-state index is 5.96. The number of nitrogens with one attached hydrogen (secondary N) is 1. The van der Waals surface area contributed by atoms with Gasteiger partial charge in [0, 0.05) is 17.6 Å². The second kappa shape index (κ2) is 7.13. The van der Waals surface area contributed by atoms with Gasteiger partial charge in [0.15, 0.2) is 0 Å². The maximum atomic E-state index is 5.96. The molecule has 1 aliphatic heterocycles. The Morgan fingerprint density at radius 1 is 1.39 bits per heavy atom. The van der Waals surface area contributed by atoms with Crippen LogP contribution >= 0.6 is 11.6 Å². The number of likely N-dealkylation sites (tertiary alicyclic amines) is 1. The molecule has 18 heavy (non-hydrogen) atoms. The van der Waals surface area contributed by atoms with Crippen LogP contribution in [0.15, 0.2) is 24.3 Å². The maximum Gasteiger partial charge on any atom is 0.0409 e. The summed E-state index contributed by atoms with van der Waals surface area (Å²) < 4.78 is 0. The molecule has 1 saturated heterocycles. The van der Waals surface area contributed by atoms with Crippen molar-refractivity contribution in [2.24, 2.45) is 0 Å². The summed E-state index contributed by atoms with van der Waals surface area (Å²) in [7, 11) is 2.25. The van der Waals surface area contributed by atoms with Gasteiger partial charge in [0.1, 0.15) is 0 Å². The highest BCUT2D eigenvalue weighted by Crippen LogP contribution is 2.17. The van der Waals surface area contributed by atoms with Crippen LogP contribution in [0, 0.1) is 0 Å². The highest BCUT2D eigenvalue weighted by molar-refractivity contribution is 6.30. The summed E-state index contributed by atoms with van der Waals surface area (Å²) in [6.45, 7) is 3.26. The Morgan fingerprint density at radius 3 is 3.06 bits per heavy atom. The van der Waals surface area contributed by atoms with E-state index in [1.165, 1.54) is 37.8 Å². The van der Waals surface area contributed by atoms with Gasteiger partial charge < -0.3 is 10.2 Å². The summed E-state index contributed by atoms with van der Waals surface area (Å²) in [5.74, 6) is 0. The third kappa shape index (κ3) is 4.27. The summed E-state index contributed by atoms with van der Waals surface area (Å²) in [5, 5.41) is 4.33. The van der Waals surface area contributed by atoms with Gasteiger partial charge in [0.2, 0.25) is 0 Å². The number of benzene rings is 1. The zero-order valence-electron chi connectivity index (χ0n) is 11.2. The lowest BCUT2D eigenvalue weighted by molar-refractivity contribution is 0.175. The smallest absolute Gasteiger partial charge is 0.0409 e. The minimum Gasteiger partial charge on any atom is -0.313 e. The molecular weight excluding hydrogens is 244 g/mol. The van der Waals surface area contributed by atoms with E-state index in [-0.39, 0.29) is 0 Å². The van der Waals surface area contributed by atoms with Gasteiger partial charge in [-0.05, 0) is 57.1 Å². The molecule has 1 atom stereocenters. The van der Waals surface area contributed by atoms with Gasteiger partial charge in [-0.25, -0.2) is 0 Å². The first kappa shape index (κ1) is 13.9. The van der Waals surface area contributed by atoms with Gasteiger partial charge in [0.25, 0.3) is 0 Å². The van der Waals surface area contributed by atoms with Crippen LogP contribution in [-0.2, 0) is 6.54 Å². The van der Waals surface area contributed by atoms with Crippen molar-refractivity contribution >= 4 is 11.6 Å². The molecule has 100 valence electrons. The molecule has 1 unspecified atom stereocenters. The molecule has 3 heteroatoms. The summed E-state index contributed by atoms with van der Waals surface area (Å²) in [5.41, 5.74) is 1.26. The molecule has 0 amide bonds. The van der Waals surface area contributed by atoms with Gasteiger partial charge in [-0.15, -0.1) is 0 Å². The number of nitrogens with zero attached hydrogens (tertiary/aromatic N) is 1. The monoisotopic (exact) mass is 266 g/mol. The number of hydrogen-bond donors (Lipinski definition) is 1. The van der Waals surface area contributed by atoms with Crippen LogP contribution in [-0.4, -0.2) is 31.1 Å². The Morgan fingerprint density at radius 2 is 2.28 bits per heavy atom. The lowest BCUT2D eigenvalue weighted by atomic mass is 10.0. The van der Waals surface area contributed by atoms with Crippen molar-refractivity contribution in [3.8, 4) is 0 Å². The van der Waals surface area contributed by atoms with Crippen LogP contribution < -0.4 is 5.32 Å². The summed E-state index contributed by atoms with van der Waals surface area (Å²) in [4.78, 5) is 2.50. The quantitative estimate of drug-likeness (QED) is 0.823. The predicted molar refractivity (Wildman–Crippen MR) is 78.0 cm³/mol. The minimum absolute atomic E-state index is 0.769. The second-order valence-electron chi connectivity index (χ2n) is 5.23. The molecule has 0 saturated carbocycles. The Labute approximate surface area is 115 Å². The van der Waals surface area contributed by atoms with E-state index in [1.807, 2.05) is 18.2 Å². The first-order valence-corrected chi connectivity index (χ1v) is 7.29. The van der Waals surface area contributed by atoms with Gasteiger partial charge in [-0.2, -0.15) is 0 Å². The van der Waals surface area contributed by atoms with E-state index in [1.54, 1.807) is 0 Å². The third-order valence-electron chi connectivity index (χ3n) is 3.79. The van der Waals surface area contributed by atoms with Crippen LogP contribution in [0.2, 0.25) is 5.02 Å². The molecule has 1 aromatic carbocycles. The summed E-state index contributed by atoms with van der Waals surface area (Å²) in [6.07, 6.45) is 5.36. The summed E-state index contributed by atoms with van der Waals surface area (Å²) >= 11 is 5.96. The lowest BCUT2D eigenvalue weighted by Gasteiger charge is -2.32. The molecule has 0 spiro atoms. The number of hydrogen-bond acceptors (Lipinski definition) is 2. The Kier molecular flexibility index (Phi) is 5.48. The van der Waals surface area contributed by atoms with Crippen LogP contribution in [0.3, 0.4) is 0 Å². The second-order valence-corrected chi connectivity index (χ2v) is 5.66. The first-order valence-electron chi connectivity index (χ1n) is 6.91. The molecule has 1 heterocycles. The standard InChI is InChI=1S/C15H23ClN2/c1-18-10-3-2-7-15(18)8-9-17-12-13-5-4-6-14(16)11-13/h4-6,11,15,17H,2-3,7-10,12H2,1H3. The van der Waals surface area contributed by atoms with E-state index in [0.29, 0.717) is 0 Å². The Bertz CT molecular complexity index is 367. The molecule has 0 aromatic heterocycles. The SMILES string of the molecule is CN1CCCCC1CCNCc1cccc(Cl)c1. The molecule has 1 fully saturated rings. The molecule has 0 radical (unpaired) electrons. The zero-order valence-corrected chi connectivity index (χ0v) is 11.9. The van der Waals surface area contributed by atoms with E-state index in [0.717, 1.165) is 24.2 Å². The fraction of sp³-hybridized carbons (Fsp3) is 0.600. The highest BCUT2D eigenvalue weighted by Gasteiger charge is 2.17. The largest absolute Gasteiger partial charge is 0.313 e. The van der Waals surface area contributed by atoms with Crippen LogP contribution in [0.25, 0.3) is 0 Å². The normalized spacial score (nSPS) is 21.1. The van der Waals surface area contributed by atoms with Crippen molar-refractivity contribution in [2.75, 3.05) is 20.1 Å². The van der Waals surface area contributed by atoms with Crippen molar-refractivity contribution in [3.63, 3.8) is 0 Å². The zero-order chi connectivity index (χ0) is 12.8. The fourth-order valence-electron chi connectivity index (χ4n) is 2.66. The fourth-order valence-corrected chi connectivity index (χ4v) is 2.87. The van der Waals surface area contributed by atoms with E-state index in [2.05, 4.69) is 23.3 Å². The molecule has 0 aliphatic carbocycles. The average molecular weight is 267 g/mol. The minimum atomic E-state index is 0.769. The van der Waals surface area contributed by atoms with Crippen molar-refractivity contribution in [1.29, 1.82) is 0 Å². The molecule has 1 aromatic rings. The van der Waals surface area contributed by atoms with Gasteiger partial charge in [0.05, 0.1) is 0 Å². The molecular formula is C15H23ClN2. The first-order chi connectivity index (χ1) is 8.75. The molecule has 1 N–H and O–H groups in total. The van der Waals surface area contributed by atoms with Crippen molar-refractivity contribution < 1.29 is 0 Å². The van der Waals surface area contributed by atoms with Gasteiger partial charge in [-0.1, -0.05) is 30.2 Å². The van der Waals surface area contributed by atoms with Crippen LogP contribution in [0.1, 0.15) is 31.2 Å². The highest BCUT2D eigenvalue weighted by atomic mass is 35.5. The average Bonchev–Trinajstić information content (AvgIpc) is 2.37. The third-order valence-corrected chi connectivity index (χ3v) is 4.03. The molecule has 2 nitrogen and oxygen atoms in total. The van der Waals surface area contributed by atoms with Crippen LogP contribution in [0.5, 0.6) is 0 Å². The molecule has 0 bridgehead atoms. The van der Waals surface area contributed by atoms with Crippen molar-refractivity contribution in [2.45, 2.75) is 38.3 Å². The van der Waals surface area contributed by atoms with E-state index < -0.39 is 0 Å². The van der Waals surface area contributed by atoms with E-state index >= 15 is 0 Å². The van der Waals surface area contributed by atoms with E-state index in [4.69, 9.17) is 11.6 Å². The summed E-state index contributed by atoms with van der Waals surface area (Å²) in [6, 6.07) is 8.84. The molecule has 2 rings (SSSR count). The van der Waals surface area contributed by atoms with Gasteiger partial charge in [-0.3, -0.25) is 0 Å². The molecule has 1 aliphatic rings. The van der Waals surface area contributed by atoms with Crippen molar-refractivity contribution in [3.05, 3.63) is 34.9 Å². The topological polar surface area (TPSA) is 15.3 Å².